The molecule has 0 saturated carbocycles. The second kappa shape index (κ2) is 16.8. The summed E-state index contributed by atoms with van der Waals surface area (Å²) in [5.41, 5.74) is 17.5. The molecule has 4 atom stereocenters. The molecule has 2 heterocycles. The van der Waals surface area contributed by atoms with Crippen molar-refractivity contribution in [1.82, 2.24) is 20.9 Å². The summed E-state index contributed by atoms with van der Waals surface area (Å²) >= 11 is 1.25. The third-order valence-electron chi connectivity index (χ3n) is 7.36. The second-order valence-electron chi connectivity index (χ2n) is 11.6. The zero-order valence-corrected chi connectivity index (χ0v) is 26.2. The normalized spacial score (nSPS) is 21.2. The molecule has 14 heteroatoms. The Kier molecular flexibility index (Phi) is 13.2. The Bertz CT molecular complexity index is 1320. The number of aliphatic imine (C=N–C) groups is 1. The Morgan fingerprint density at radius 2 is 1.89 bits per heavy atom. The summed E-state index contributed by atoms with van der Waals surface area (Å²) in [5.74, 6) is -2.80. The number of hydrogen-bond acceptors (Lipinski definition) is 9. The van der Waals surface area contributed by atoms with Gasteiger partial charge in [0, 0.05) is 25.4 Å². The fraction of sp³-hybridized carbons (Fsp3) is 0.567. The molecule has 1 fully saturated rings. The highest BCUT2D eigenvalue weighted by atomic mass is 32.1. The zero-order chi connectivity index (χ0) is 32.2. The summed E-state index contributed by atoms with van der Waals surface area (Å²) in [7, 11) is 0. The first-order valence-corrected chi connectivity index (χ1v) is 15.9. The number of hydrogen-bond donors (Lipinski definition) is 6. The number of nitrogens with zero attached hydrogens (tertiary/aromatic N) is 2. The first-order valence-electron chi connectivity index (χ1n) is 15.1. The van der Waals surface area contributed by atoms with Crippen molar-refractivity contribution < 1.29 is 24.0 Å². The van der Waals surface area contributed by atoms with E-state index in [0.717, 1.165) is 4.70 Å². The monoisotopic (exact) mass is 628 g/mol. The lowest BCUT2D eigenvalue weighted by Crippen LogP contribution is -2.51. The van der Waals surface area contributed by atoms with Crippen molar-refractivity contribution >= 4 is 56.8 Å². The van der Waals surface area contributed by atoms with Crippen LogP contribution >= 0.6 is 11.3 Å². The molecule has 9 N–H and O–H groups in total. The number of guanidine groups is 1. The molecule has 0 bridgehead atoms. The molecule has 0 unspecified atom stereocenters. The third kappa shape index (κ3) is 10.7. The van der Waals surface area contributed by atoms with Crippen LogP contribution in [0.15, 0.2) is 29.3 Å². The fourth-order valence-corrected chi connectivity index (χ4v) is 5.99. The highest BCUT2D eigenvalue weighted by Crippen LogP contribution is 2.24. The minimum absolute atomic E-state index is 0.0657. The molecule has 1 aliphatic heterocycles. The van der Waals surface area contributed by atoms with Crippen LogP contribution in [0.3, 0.4) is 0 Å². The van der Waals surface area contributed by atoms with Crippen LogP contribution in [0, 0.1) is 11.8 Å². The van der Waals surface area contributed by atoms with Gasteiger partial charge in [-0.05, 0) is 50.2 Å². The van der Waals surface area contributed by atoms with E-state index in [0.29, 0.717) is 44.2 Å². The largest absolute Gasteiger partial charge is 0.370 e. The third-order valence-corrected chi connectivity index (χ3v) is 8.41. The first kappa shape index (κ1) is 34.6. The van der Waals surface area contributed by atoms with Crippen LogP contribution in [0.2, 0.25) is 0 Å². The molecule has 1 aromatic heterocycles. The minimum Gasteiger partial charge on any atom is -0.370 e. The molecule has 0 aliphatic carbocycles. The fourth-order valence-electron chi connectivity index (χ4n) is 5.03. The lowest BCUT2D eigenvalue weighted by atomic mass is 9.89. The predicted octanol–water partition coefficient (Wildman–Crippen LogP) is 1.14. The Morgan fingerprint density at radius 1 is 1.14 bits per heavy atom. The molecule has 1 aliphatic rings. The number of carbonyl (C=O) groups excluding carboxylic acids is 5. The number of rotatable bonds is 10. The van der Waals surface area contributed by atoms with Gasteiger partial charge in [-0.1, -0.05) is 32.4 Å². The number of fused-ring (bicyclic) bond motifs is 1. The maximum atomic E-state index is 13.8. The van der Waals surface area contributed by atoms with Crippen molar-refractivity contribution in [3.05, 3.63) is 29.3 Å². The lowest BCUT2D eigenvalue weighted by Gasteiger charge is -2.25. The van der Waals surface area contributed by atoms with E-state index in [1.54, 1.807) is 0 Å². The summed E-state index contributed by atoms with van der Waals surface area (Å²) in [6, 6.07) is 4.51. The molecule has 44 heavy (non-hydrogen) atoms. The molecule has 13 nitrogen and oxygen atoms in total. The van der Waals surface area contributed by atoms with E-state index < -0.39 is 35.9 Å². The summed E-state index contributed by atoms with van der Waals surface area (Å²) in [6.07, 6.45) is 2.19. The van der Waals surface area contributed by atoms with Crippen LogP contribution in [0.5, 0.6) is 0 Å². The maximum Gasteiger partial charge on any atom is 0.238 e. The number of Topliss-reactive ketones (excluding diaryl/α,β-unsaturated/α-hetero) is 2. The number of nitrogens with one attached hydrogen (secondary N) is 3. The van der Waals surface area contributed by atoms with Crippen LogP contribution in [0.25, 0.3) is 10.2 Å². The van der Waals surface area contributed by atoms with Crippen molar-refractivity contribution in [2.45, 2.75) is 83.3 Å². The number of nitrogens with two attached hydrogens (primary N) is 3. The van der Waals surface area contributed by atoms with E-state index in [9.17, 15) is 24.0 Å². The molecule has 3 amide bonds. The molecule has 0 radical (unpaired) electrons. The van der Waals surface area contributed by atoms with E-state index in [4.69, 9.17) is 17.2 Å². The molecule has 3 rings (SSSR count). The molecular formula is C30H44N8O5S. The summed E-state index contributed by atoms with van der Waals surface area (Å²) in [6.45, 7) is 4.45. The van der Waals surface area contributed by atoms with Crippen molar-refractivity contribution in [2.24, 2.45) is 34.0 Å². The second-order valence-corrected chi connectivity index (χ2v) is 12.6. The molecular weight excluding hydrogens is 584 g/mol. The van der Waals surface area contributed by atoms with Gasteiger partial charge in [0.2, 0.25) is 23.5 Å². The van der Waals surface area contributed by atoms with Crippen LogP contribution in [0.1, 0.15) is 75.0 Å². The van der Waals surface area contributed by atoms with Gasteiger partial charge in [0.15, 0.2) is 16.8 Å². The molecule has 240 valence electrons. The summed E-state index contributed by atoms with van der Waals surface area (Å²) in [4.78, 5) is 74.4. The molecule has 2 aromatic rings. The standard InChI is InChI=1S/C30H44N8O5S/c1-17(2)14-22-23(39)15-18(8-5-6-12-34-25(40)16-19(31)28(43)37-22)27(42)36-21(10-7-13-35-30(32)33)26(41)29-38-20-9-3-4-11-24(20)44-29/h3-4,9,11,17-19,21-22H,5-8,10,12-16,31H2,1-2H3,(H,34,40)(H,36,42)(H,37,43)(H4,32,33,35)/t18-,19+,21+,22+/m1/s1. The molecule has 1 aromatic carbocycles. The summed E-state index contributed by atoms with van der Waals surface area (Å²) in [5, 5.41) is 8.61. The van der Waals surface area contributed by atoms with E-state index in [1.807, 2.05) is 38.1 Å². The van der Waals surface area contributed by atoms with E-state index in [-0.39, 0.29) is 60.2 Å². The van der Waals surface area contributed by atoms with Gasteiger partial charge in [-0.3, -0.25) is 29.0 Å². The predicted molar refractivity (Wildman–Crippen MR) is 170 cm³/mol. The minimum atomic E-state index is -1.10. The van der Waals surface area contributed by atoms with Gasteiger partial charge in [-0.25, -0.2) is 4.98 Å². The lowest BCUT2D eigenvalue weighted by molar-refractivity contribution is -0.133. The highest BCUT2D eigenvalue weighted by Gasteiger charge is 2.32. The quantitative estimate of drug-likeness (QED) is 0.0958. The van der Waals surface area contributed by atoms with Crippen molar-refractivity contribution in [2.75, 3.05) is 13.1 Å². The van der Waals surface area contributed by atoms with Gasteiger partial charge >= 0.3 is 0 Å². The van der Waals surface area contributed by atoms with Gasteiger partial charge in [0.25, 0.3) is 0 Å². The topological polar surface area (TPSA) is 225 Å². The highest BCUT2D eigenvalue weighted by molar-refractivity contribution is 7.20. The Morgan fingerprint density at radius 3 is 2.59 bits per heavy atom. The number of carbonyl (C=O) groups is 5. The number of thiazole rings is 1. The number of para-hydroxylation sites is 1. The van der Waals surface area contributed by atoms with Crippen molar-refractivity contribution in [3.8, 4) is 0 Å². The number of ketones is 2. The SMILES string of the molecule is CC(C)C[C@@H]1NC(=O)[C@@H](N)CC(=O)NCCCC[C@@H](C(=O)N[C@@H](CCCN=C(N)N)C(=O)c2nc3ccccc3s2)CC1=O. The van der Waals surface area contributed by atoms with Crippen LogP contribution in [-0.2, 0) is 19.2 Å². The van der Waals surface area contributed by atoms with Gasteiger partial charge in [0.1, 0.15) is 0 Å². The van der Waals surface area contributed by atoms with E-state index in [1.165, 1.54) is 11.3 Å². The van der Waals surface area contributed by atoms with Gasteiger partial charge in [0.05, 0.1) is 34.8 Å². The Balaban J connectivity index is 1.83. The molecule has 1 saturated heterocycles. The maximum absolute atomic E-state index is 13.8. The van der Waals surface area contributed by atoms with Crippen LogP contribution in [0.4, 0.5) is 0 Å². The van der Waals surface area contributed by atoms with Crippen LogP contribution < -0.4 is 33.2 Å². The Hall–Kier alpha value is -3.91. The van der Waals surface area contributed by atoms with Crippen molar-refractivity contribution in [3.63, 3.8) is 0 Å². The molecule has 0 spiro atoms. The smallest absolute Gasteiger partial charge is 0.238 e. The average Bonchev–Trinajstić information content (AvgIpc) is 3.40. The van der Waals surface area contributed by atoms with Gasteiger partial charge in [-0.2, -0.15) is 0 Å². The van der Waals surface area contributed by atoms with Gasteiger partial charge < -0.3 is 33.2 Å². The zero-order valence-electron chi connectivity index (χ0n) is 25.3. The first-order chi connectivity index (χ1) is 20.9. The van der Waals surface area contributed by atoms with Gasteiger partial charge in [-0.15, -0.1) is 11.3 Å². The average molecular weight is 629 g/mol. The summed E-state index contributed by atoms with van der Waals surface area (Å²) < 4.78 is 0.850. The van der Waals surface area contributed by atoms with E-state index >= 15 is 0 Å². The van der Waals surface area contributed by atoms with E-state index in [2.05, 4.69) is 25.9 Å². The van der Waals surface area contributed by atoms with Crippen LogP contribution in [-0.4, -0.2) is 71.4 Å². The number of amides is 3. The van der Waals surface area contributed by atoms with Crippen molar-refractivity contribution in [1.29, 1.82) is 0 Å². The Labute approximate surface area is 261 Å². The number of benzene rings is 1. The number of aromatic nitrogens is 1.